The molecule has 7 heteroatoms. The van der Waals surface area contributed by atoms with Crippen molar-refractivity contribution in [2.75, 3.05) is 11.1 Å². The minimum Gasteiger partial charge on any atom is -0.325 e. The lowest BCUT2D eigenvalue weighted by atomic mass is 10.2. The molecule has 1 N–H and O–H groups in total. The molecule has 0 radical (unpaired) electrons. The Kier molecular flexibility index (Phi) is 6.06. The van der Waals surface area contributed by atoms with E-state index in [1.54, 1.807) is 16.3 Å². The molecular formula is C22H21N3O2S2. The van der Waals surface area contributed by atoms with E-state index in [2.05, 4.69) is 12.2 Å². The van der Waals surface area contributed by atoms with Gasteiger partial charge in [0.15, 0.2) is 5.16 Å². The summed E-state index contributed by atoms with van der Waals surface area (Å²) in [6, 6.07) is 19.2. The fraction of sp³-hybridized carbons (Fsp3) is 0.227. The van der Waals surface area contributed by atoms with Gasteiger partial charge in [-0.2, -0.15) is 0 Å². The molecule has 5 nitrogen and oxygen atoms in total. The second-order valence-corrected chi connectivity index (χ2v) is 9.27. The molecule has 1 aromatic heterocycles. The third kappa shape index (κ3) is 4.74. The highest BCUT2D eigenvalue weighted by Crippen LogP contribution is 2.34. The number of thioether (sulfide) groups is 2. The van der Waals surface area contributed by atoms with Gasteiger partial charge in [-0.25, -0.2) is 4.98 Å². The largest absolute Gasteiger partial charge is 0.325 e. The summed E-state index contributed by atoms with van der Waals surface area (Å²) in [4.78, 5) is 31.0. The molecule has 0 aliphatic carbocycles. The summed E-state index contributed by atoms with van der Waals surface area (Å²) in [6.07, 6.45) is 0.783. The first-order valence-electron chi connectivity index (χ1n) is 9.42. The van der Waals surface area contributed by atoms with E-state index in [0.717, 1.165) is 28.3 Å². The van der Waals surface area contributed by atoms with E-state index in [9.17, 15) is 9.59 Å². The van der Waals surface area contributed by atoms with Crippen molar-refractivity contribution in [3.63, 3.8) is 0 Å². The Labute approximate surface area is 177 Å². The zero-order chi connectivity index (χ0) is 20.2. The molecular weight excluding hydrogens is 402 g/mol. The number of anilines is 1. The van der Waals surface area contributed by atoms with Crippen molar-refractivity contribution in [3.8, 4) is 0 Å². The number of nitrogens with one attached hydrogen (secondary N) is 1. The lowest BCUT2D eigenvalue weighted by Crippen LogP contribution is -2.26. The third-order valence-corrected chi connectivity index (χ3v) is 6.73. The monoisotopic (exact) mass is 423 g/mol. The van der Waals surface area contributed by atoms with Crippen molar-refractivity contribution in [3.05, 3.63) is 82.3 Å². The highest BCUT2D eigenvalue weighted by Gasteiger charge is 2.26. The number of hydrogen-bond donors (Lipinski definition) is 1. The zero-order valence-electron chi connectivity index (χ0n) is 16.0. The Balaban J connectivity index is 1.58. The van der Waals surface area contributed by atoms with Gasteiger partial charge in [0, 0.05) is 17.4 Å². The zero-order valence-corrected chi connectivity index (χ0v) is 17.6. The summed E-state index contributed by atoms with van der Waals surface area (Å²) in [6.45, 7) is 2.55. The van der Waals surface area contributed by atoms with Crippen molar-refractivity contribution < 1.29 is 4.79 Å². The summed E-state index contributed by atoms with van der Waals surface area (Å²) in [5.41, 5.74) is 2.62. The fourth-order valence-corrected chi connectivity index (χ4v) is 5.13. The second kappa shape index (κ2) is 8.88. The number of amides is 1. The molecule has 148 valence electrons. The lowest BCUT2D eigenvalue weighted by Gasteiger charge is -2.14. The summed E-state index contributed by atoms with van der Waals surface area (Å²) in [7, 11) is 0. The quantitative estimate of drug-likeness (QED) is 0.479. The molecule has 0 spiro atoms. The van der Waals surface area contributed by atoms with E-state index in [0.29, 0.717) is 17.0 Å². The molecule has 1 atom stereocenters. The topological polar surface area (TPSA) is 64.0 Å². The SMILES string of the molecule is C[C@H]1Cc2nc(SCC(=O)Nc3ccccc3)n(Cc3ccccc3)c(=O)c2S1. The van der Waals surface area contributed by atoms with Gasteiger partial charge in [0.25, 0.3) is 5.56 Å². The summed E-state index contributed by atoms with van der Waals surface area (Å²) < 4.78 is 1.69. The molecule has 0 unspecified atom stereocenters. The van der Waals surface area contributed by atoms with Crippen LogP contribution in [-0.2, 0) is 17.8 Å². The van der Waals surface area contributed by atoms with Gasteiger partial charge < -0.3 is 5.32 Å². The van der Waals surface area contributed by atoms with Crippen LogP contribution in [0.1, 0.15) is 18.2 Å². The van der Waals surface area contributed by atoms with Crippen molar-refractivity contribution in [1.82, 2.24) is 9.55 Å². The van der Waals surface area contributed by atoms with Crippen LogP contribution in [0.15, 0.2) is 75.5 Å². The maximum Gasteiger partial charge on any atom is 0.268 e. The predicted octanol–water partition coefficient (Wildman–Crippen LogP) is 4.06. The summed E-state index contributed by atoms with van der Waals surface area (Å²) >= 11 is 2.90. The van der Waals surface area contributed by atoms with Gasteiger partial charge >= 0.3 is 0 Å². The number of rotatable bonds is 6. The molecule has 4 rings (SSSR count). The van der Waals surface area contributed by atoms with Gasteiger partial charge in [0.2, 0.25) is 5.91 Å². The van der Waals surface area contributed by atoms with Crippen LogP contribution in [-0.4, -0.2) is 26.5 Å². The summed E-state index contributed by atoms with van der Waals surface area (Å²) in [5.74, 6) is 0.0717. The van der Waals surface area contributed by atoms with E-state index < -0.39 is 0 Å². The van der Waals surface area contributed by atoms with Crippen molar-refractivity contribution in [2.45, 2.75) is 35.2 Å². The first kappa shape index (κ1) is 19.8. The molecule has 0 saturated heterocycles. The van der Waals surface area contributed by atoms with Gasteiger partial charge in [0.1, 0.15) is 0 Å². The minimum atomic E-state index is -0.120. The molecule has 1 amide bonds. The minimum absolute atomic E-state index is 0.0147. The van der Waals surface area contributed by atoms with E-state index in [1.807, 2.05) is 60.7 Å². The molecule has 3 aromatic rings. The fourth-order valence-electron chi connectivity index (χ4n) is 3.20. The number of carbonyl (C=O) groups excluding carboxylic acids is 1. The smallest absolute Gasteiger partial charge is 0.268 e. The number of para-hydroxylation sites is 1. The summed E-state index contributed by atoms with van der Waals surface area (Å²) in [5, 5.41) is 3.81. The van der Waals surface area contributed by atoms with E-state index in [1.165, 1.54) is 11.8 Å². The Morgan fingerprint density at radius 2 is 1.86 bits per heavy atom. The molecule has 1 aliphatic heterocycles. The first-order valence-corrected chi connectivity index (χ1v) is 11.3. The Bertz CT molecular complexity index is 1070. The van der Waals surface area contributed by atoms with Crippen LogP contribution in [0.4, 0.5) is 5.69 Å². The average molecular weight is 424 g/mol. The number of hydrogen-bond acceptors (Lipinski definition) is 5. The van der Waals surface area contributed by atoms with Crippen LogP contribution in [0.2, 0.25) is 0 Å². The van der Waals surface area contributed by atoms with E-state index >= 15 is 0 Å². The standard InChI is InChI=1S/C22H21N3O2S2/c1-15-12-18-20(29-15)21(27)25(13-16-8-4-2-5-9-16)22(24-18)28-14-19(26)23-17-10-6-3-7-11-17/h2-11,15H,12-14H2,1H3,(H,23,26)/t15-/m0/s1. The van der Waals surface area contributed by atoms with Gasteiger partial charge in [-0.05, 0) is 17.7 Å². The molecule has 1 aliphatic rings. The average Bonchev–Trinajstić information content (AvgIpc) is 3.11. The molecule has 0 saturated carbocycles. The van der Waals surface area contributed by atoms with Gasteiger partial charge in [0.05, 0.1) is 22.9 Å². The van der Waals surface area contributed by atoms with E-state index in [-0.39, 0.29) is 17.2 Å². The van der Waals surface area contributed by atoms with Crippen molar-refractivity contribution in [2.24, 2.45) is 0 Å². The number of nitrogens with zero attached hydrogens (tertiary/aromatic N) is 2. The number of aromatic nitrogens is 2. The first-order chi connectivity index (χ1) is 14.1. The van der Waals surface area contributed by atoms with Gasteiger partial charge in [-0.1, -0.05) is 67.2 Å². The normalized spacial score (nSPS) is 15.1. The Hall–Kier alpha value is -2.51. The predicted molar refractivity (Wildman–Crippen MR) is 119 cm³/mol. The molecule has 0 bridgehead atoms. The van der Waals surface area contributed by atoms with Crippen LogP contribution >= 0.6 is 23.5 Å². The van der Waals surface area contributed by atoms with Gasteiger partial charge in [-0.15, -0.1) is 11.8 Å². The molecule has 0 fully saturated rings. The highest BCUT2D eigenvalue weighted by molar-refractivity contribution is 8.00. The van der Waals surface area contributed by atoms with Gasteiger partial charge in [-0.3, -0.25) is 14.2 Å². The number of fused-ring (bicyclic) bond motifs is 1. The Morgan fingerprint density at radius 1 is 1.17 bits per heavy atom. The molecule has 2 heterocycles. The van der Waals surface area contributed by atoms with Crippen LogP contribution < -0.4 is 10.9 Å². The Morgan fingerprint density at radius 3 is 2.59 bits per heavy atom. The van der Waals surface area contributed by atoms with E-state index in [4.69, 9.17) is 4.98 Å². The lowest BCUT2D eigenvalue weighted by molar-refractivity contribution is -0.113. The van der Waals surface area contributed by atoms with Crippen molar-refractivity contribution in [1.29, 1.82) is 0 Å². The second-order valence-electron chi connectivity index (χ2n) is 6.88. The van der Waals surface area contributed by atoms with Crippen LogP contribution in [0, 0.1) is 0 Å². The maximum absolute atomic E-state index is 13.2. The highest BCUT2D eigenvalue weighted by atomic mass is 32.2. The third-order valence-electron chi connectivity index (χ3n) is 4.54. The number of benzene rings is 2. The number of carbonyl (C=O) groups is 1. The van der Waals surface area contributed by atoms with Crippen LogP contribution in [0.3, 0.4) is 0 Å². The maximum atomic E-state index is 13.2. The van der Waals surface area contributed by atoms with Crippen LogP contribution in [0.25, 0.3) is 0 Å². The molecule has 2 aromatic carbocycles. The van der Waals surface area contributed by atoms with Crippen LogP contribution in [0.5, 0.6) is 0 Å². The van der Waals surface area contributed by atoms with Crippen molar-refractivity contribution >= 4 is 35.1 Å². The molecule has 29 heavy (non-hydrogen) atoms.